The van der Waals surface area contributed by atoms with Crippen LogP contribution in [0.4, 0.5) is 0 Å². The molecular formula is C17H16BN. The molecule has 2 heteroatoms. The molecule has 0 amide bonds. The smallest absolute Gasteiger partial charge is 0.301 e. The van der Waals surface area contributed by atoms with Crippen LogP contribution in [-0.2, 0) is 0 Å². The first-order valence-corrected chi connectivity index (χ1v) is 6.96. The third kappa shape index (κ3) is 1.29. The number of hydrogen-bond acceptors (Lipinski definition) is 0. The van der Waals surface area contributed by atoms with Crippen molar-refractivity contribution in [2.45, 2.75) is 13.6 Å². The third-order valence-corrected chi connectivity index (χ3v) is 4.52. The van der Waals surface area contributed by atoms with Gasteiger partial charge in [0.2, 0.25) is 0 Å². The van der Waals surface area contributed by atoms with E-state index >= 15 is 0 Å². The number of nitrogens with zero attached hydrogens (tertiary/aromatic N) is 1. The lowest BCUT2D eigenvalue weighted by Crippen LogP contribution is -2.64. The molecule has 0 atom stereocenters. The molecule has 1 nitrogen and oxygen atoms in total. The van der Waals surface area contributed by atoms with E-state index in [1.54, 1.807) is 0 Å². The Morgan fingerprint density at radius 1 is 0.789 bits per heavy atom. The van der Waals surface area contributed by atoms with E-state index in [1.165, 1.54) is 27.6 Å². The van der Waals surface area contributed by atoms with Crippen molar-refractivity contribution in [2.24, 2.45) is 0 Å². The maximum absolute atomic E-state index is 2.53. The van der Waals surface area contributed by atoms with Crippen molar-refractivity contribution >= 4 is 22.6 Å². The van der Waals surface area contributed by atoms with Crippen LogP contribution in [0.3, 0.4) is 0 Å². The van der Waals surface area contributed by atoms with Crippen LogP contribution in [0.1, 0.15) is 0 Å². The quantitative estimate of drug-likeness (QED) is 0.536. The number of aromatic nitrogens is 1. The number of benzene rings is 2. The summed E-state index contributed by atoms with van der Waals surface area (Å²) >= 11 is 0. The van der Waals surface area contributed by atoms with Gasteiger partial charge in [-0.1, -0.05) is 36.4 Å². The van der Waals surface area contributed by atoms with Crippen LogP contribution in [0.5, 0.6) is 0 Å². The van der Waals surface area contributed by atoms with Crippen molar-refractivity contribution in [1.29, 1.82) is 0 Å². The molecular weight excluding hydrogens is 229 g/mol. The molecule has 3 aromatic rings. The summed E-state index contributed by atoms with van der Waals surface area (Å²) in [7, 11) is 0. The zero-order chi connectivity index (χ0) is 13.0. The minimum Gasteiger partial charge on any atom is -0.410 e. The molecule has 1 aromatic heterocycles. The number of rotatable bonds is 0. The minimum absolute atomic E-state index is 0.729. The lowest BCUT2D eigenvalue weighted by atomic mass is 9.35. The van der Waals surface area contributed by atoms with Crippen molar-refractivity contribution in [2.75, 3.05) is 0 Å². The Balaban J connectivity index is 2.20. The van der Waals surface area contributed by atoms with Gasteiger partial charge in [-0.05, 0) is 12.1 Å². The summed E-state index contributed by atoms with van der Waals surface area (Å²) in [6, 6.07) is 22.0. The number of pyridine rings is 1. The molecule has 0 bridgehead atoms. The van der Waals surface area contributed by atoms with Gasteiger partial charge in [-0.15, -0.1) is 19.1 Å². The monoisotopic (exact) mass is 245 g/mol. The highest BCUT2D eigenvalue weighted by atomic mass is 14.9. The summed E-state index contributed by atoms with van der Waals surface area (Å²) in [5, 5.41) is 1.31. The van der Waals surface area contributed by atoms with E-state index in [2.05, 4.69) is 78.8 Å². The molecule has 0 radical (unpaired) electrons. The first kappa shape index (κ1) is 10.8. The molecule has 92 valence electrons. The summed E-state index contributed by atoms with van der Waals surface area (Å²) < 4.78 is 2.53. The average molecular weight is 245 g/mol. The fraction of sp³-hybridized carbons (Fsp3) is 0.118. The van der Waals surface area contributed by atoms with Crippen molar-refractivity contribution in [1.82, 2.24) is 0 Å². The normalized spacial score (nSPS) is 15.3. The van der Waals surface area contributed by atoms with E-state index in [0.717, 1.165) is 0 Å². The third-order valence-electron chi connectivity index (χ3n) is 4.52. The standard InChI is InChI=1S/C17H16BN/c1-18(2)15-9-5-4-8-14(15)17-12-11-13-7-3-6-10-16(13)19(17)18/h3-12H,1-2H3. The second-order valence-electron chi connectivity index (χ2n) is 6.03. The van der Waals surface area contributed by atoms with Crippen molar-refractivity contribution < 1.29 is 4.48 Å². The first-order valence-electron chi connectivity index (χ1n) is 6.96. The Hall–Kier alpha value is -2.09. The van der Waals surface area contributed by atoms with Gasteiger partial charge >= 0.3 is 6.28 Å². The van der Waals surface area contributed by atoms with Crippen molar-refractivity contribution in [3.8, 4) is 11.3 Å². The fourth-order valence-electron chi connectivity index (χ4n) is 3.63. The van der Waals surface area contributed by atoms with Gasteiger partial charge in [0, 0.05) is 23.1 Å². The second-order valence-corrected chi connectivity index (χ2v) is 6.03. The van der Waals surface area contributed by atoms with Gasteiger partial charge in [-0.2, -0.15) is 0 Å². The predicted octanol–water partition coefficient (Wildman–Crippen LogP) is 3.07. The summed E-state index contributed by atoms with van der Waals surface area (Å²) in [6.07, 6.45) is -0.729. The van der Waals surface area contributed by atoms with Gasteiger partial charge in [0.1, 0.15) is 0 Å². The van der Waals surface area contributed by atoms with E-state index in [4.69, 9.17) is 0 Å². The highest BCUT2D eigenvalue weighted by Crippen LogP contribution is 2.26. The topological polar surface area (TPSA) is 3.88 Å². The average Bonchev–Trinajstić information content (AvgIpc) is 2.68. The molecule has 0 fully saturated rings. The van der Waals surface area contributed by atoms with Gasteiger partial charge in [0.25, 0.3) is 0 Å². The zero-order valence-corrected chi connectivity index (χ0v) is 11.3. The van der Waals surface area contributed by atoms with Crippen molar-refractivity contribution in [3.63, 3.8) is 0 Å². The summed E-state index contributed by atoms with van der Waals surface area (Å²) in [4.78, 5) is 0. The van der Waals surface area contributed by atoms with Crippen LogP contribution >= 0.6 is 0 Å². The predicted molar refractivity (Wildman–Crippen MR) is 82.1 cm³/mol. The summed E-state index contributed by atoms with van der Waals surface area (Å²) in [5.41, 5.74) is 5.54. The minimum atomic E-state index is -0.729. The molecule has 0 N–H and O–H groups in total. The Kier molecular flexibility index (Phi) is 1.98. The van der Waals surface area contributed by atoms with Crippen LogP contribution in [0.2, 0.25) is 13.6 Å². The lowest BCUT2D eigenvalue weighted by molar-refractivity contribution is -0.498. The van der Waals surface area contributed by atoms with Crippen LogP contribution in [0, 0.1) is 0 Å². The van der Waals surface area contributed by atoms with Crippen LogP contribution < -0.4 is 9.94 Å². The molecule has 0 aliphatic carbocycles. The van der Waals surface area contributed by atoms with Gasteiger partial charge in [0.15, 0.2) is 11.2 Å². The van der Waals surface area contributed by atoms with Gasteiger partial charge in [-0.3, -0.25) is 0 Å². The number of hydrogen-bond donors (Lipinski definition) is 0. The van der Waals surface area contributed by atoms with Crippen LogP contribution in [0.25, 0.3) is 22.2 Å². The molecule has 1 aliphatic rings. The van der Waals surface area contributed by atoms with E-state index < -0.39 is 6.28 Å². The Morgan fingerprint density at radius 2 is 1.53 bits per heavy atom. The molecule has 4 rings (SSSR count). The second kappa shape index (κ2) is 3.48. The van der Waals surface area contributed by atoms with E-state index in [0.29, 0.717) is 0 Å². The van der Waals surface area contributed by atoms with Crippen LogP contribution in [-0.4, -0.2) is 6.28 Å². The molecule has 0 spiro atoms. The molecule has 2 heterocycles. The number of para-hydroxylation sites is 1. The van der Waals surface area contributed by atoms with Crippen LogP contribution in [0.15, 0.2) is 60.7 Å². The molecule has 0 saturated heterocycles. The maximum atomic E-state index is 2.53. The van der Waals surface area contributed by atoms with Gasteiger partial charge in [-0.25, -0.2) is 0 Å². The molecule has 1 aliphatic heterocycles. The summed E-state index contributed by atoms with van der Waals surface area (Å²) in [6.45, 7) is 4.73. The Labute approximate surface area is 113 Å². The summed E-state index contributed by atoms with van der Waals surface area (Å²) in [5.74, 6) is 0. The highest BCUT2D eigenvalue weighted by molar-refractivity contribution is 6.85. The molecule has 19 heavy (non-hydrogen) atoms. The van der Waals surface area contributed by atoms with E-state index in [-0.39, 0.29) is 0 Å². The van der Waals surface area contributed by atoms with Gasteiger partial charge in [0.05, 0.1) is 0 Å². The molecule has 0 unspecified atom stereocenters. The fourth-order valence-corrected chi connectivity index (χ4v) is 3.63. The Bertz CT molecular complexity index is 805. The zero-order valence-electron chi connectivity index (χ0n) is 11.3. The number of fused-ring (bicyclic) bond motifs is 5. The molecule has 0 saturated carbocycles. The molecule has 2 aromatic carbocycles. The largest absolute Gasteiger partial charge is 0.410 e. The van der Waals surface area contributed by atoms with Crippen molar-refractivity contribution in [3.05, 3.63) is 60.7 Å². The first-order chi connectivity index (χ1) is 9.19. The maximum Gasteiger partial charge on any atom is 0.301 e. The Morgan fingerprint density at radius 3 is 2.42 bits per heavy atom. The van der Waals surface area contributed by atoms with E-state index in [1.807, 2.05) is 0 Å². The highest BCUT2D eigenvalue weighted by Gasteiger charge is 2.39. The lowest BCUT2D eigenvalue weighted by Gasteiger charge is -2.22. The SMILES string of the molecule is C[B-]1(C)c2ccccc2-c2ccc3ccccc3[n+]21. The van der Waals surface area contributed by atoms with Gasteiger partial charge < -0.3 is 4.48 Å². The van der Waals surface area contributed by atoms with E-state index in [9.17, 15) is 0 Å².